The van der Waals surface area contributed by atoms with Gasteiger partial charge in [0.2, 0.25) is 5.91 Å². The Bertz CT molecular complexity index is 336. The van der Waals surface area contributed by atoms with Crippen molar-refractivity contribution in [2.24, 2.45) is 11.7 Å². The lowest BCUT2D eigenvalue weighted by Crippen LogP contribution is -2.32. The summed E-state index contributed by atoms with van der Waals surface area (Å²) in [6.45, 7) is 1.42. The van der Waals surface area contributed by atoms with Gasteiger partial charge in [-0.3, -0.25) is 4.79 Å². The minimum atomic E-state index is 0.123. The average molecular weight is 222 g/mol. The molecular formula is C11H18N4O. The zero-order valence-electron chi connectivity index (χ0n) is 9.30. The van der Waals surface area contributed by atoms with Crippen molar-refractivity contribution in [3.8, 4) is 0 Å². The first-order valence-electron chi connectivity index (χ1n) is 5.75. The van der Waals surface area contributed by atoms with E-state index in [1.165, 1.54) is 0 Å². The van der Waals surface area contributed by atoms with Gasteiger partial charge in [0.1, 0.15) is 0 Å². The van der Waals surface area contributed by atoms with E-state index >= 15 is 0 Å². The molecule has 2 unspecified atom stereocenters. The van der Waals surface area contributed by atoms with Crippen LogP contribution >= 0.6 is 0 Å². The minimum absolute atomic E-state index is 0.123. The molecule has 1 saturated carbocycles. The lowest BCUT2D eigenvalue weighted by Gasteiger charge is -2.10. The Balaban J connectivity index is 1.68. The lowest BCUT2D eigenvalue weighted by atomic mass is 10.1. The van der Waals surface area contributed by atoms with Crippen LogP contribution in [0.25, 0.3) is 0 Å². The summed E-state index contributed by atoms with van der Waals surface area (Å²) < 4.78 is 1.95. The van der Waals surface area contributed by atoms with Crippen LogP contribution in [-0.4, -0.2) is 28.0 Å². The van der Waals surface area contributed by atoms with Gasteiger partial charge in [-0.15, -0.1) is 0 Å². The van der Waals surface area contributed by atoms with Gasteiger partial charge in [0.15, 0.2) is 0 Å². The molecular weight excluding hydrogens is 204 g/mol. The number of carbonyl (C=O) groups excluding carboxylic acids is 1. The quantitative estimate of drug-likeness (QED) is 0.760. The number of imidazole rings is 1. The largest absolute Gasteiger partial charge is 0.354 e. The van der Waals surface area contributed by atoms with E-state index in [2.05, 4.69) is 10.3 Å². The van der Waals surface area contributed by atoms with Gasteiger partial charge in [-0.2, -0.15) is 0 Å². The summed E-state index contributed by atoms with van der Waals surface area (Å²) in [6, 6.07) is 0.212. The molecule has 88 valence electrons. The molecule has 0 radical (unpaired) electrons. The second-order valence-electron chi connectivity index (χ2n) is 4.36. The van der Waals surface area contributed by atoms with Gasteiger partial charge in [-0.25, -0.2) is 4.98 Å². The predicted molar refractivity (Wildman–Crippen MR) is 60.6 cm³/mol. The highest BCUT2D eigenvalue weighted by molar-refractivity contribution is 5.78. The molecule has 0 aromatic carbocycles. The molecule has 16 heavy (non-hydrogen) atoms. The van der Waals surface area contributed by atoms with E-state index in [0.29, 0.717) is 6.54 Å². The number of nitrogens with one attached hydrogen (secondary N) is 1. The van der Waals surface area contributed by atoms with E-state index in [1.807, 2.05) is 10.8 Å². The van der Waals surface area contributed by atoms with Gasteiger partial charge in [-0.1, -0.05) is 0 Å². The fraction of sp³-hybridized carbons (Fsp3) is 0.636. The molecule has 2 atom stereocenters. The van der Waals surface area contributed by atoms with E-state index in [4.69, 9.17) is 5.73 Å². The van der Waals surface area contributed by atoms with E-state index in [-0.39, 0.29) is 17.9 Å². The molecule has 0 bridgehead atoms. The van der Waals surface area contributed by atoms with Crippen LogP contribution in [-0.2, 0) is 11.3 Å². The molecule has 1 amide bonds. The van der Waals surface area contributed by atoms with Crippen molar-refractivity contribution >= 4 is 5.91 Å². The monoisotopic (exact) mass is 222 g/mol. The molecule has 5 nitrogen and oxygen atoms in total. The topological polar surface area (TPSA) is 72.9 Å². The first-order valence-corrected chi connectivity index (χ1v) is 5.75. The molecule has 1 aliphatic rings. The molecule has 0 spiro atoms. The highest BCUT2D eigenvalue weighted by Gasteiger charge is 2.27. The Kier molecular flexibility index (Phi) is 3.56. The van der Waals surface area contributed by atoms with Gasteiger partial charge in [-0.05, 0) is 19.3 Å². The van der Waals surface area contributed by atoms with Crippen LogP contribution in [0.1, 0.15) is 19.3 Å². The van der Waals surface area contributed by atoms with Crippen LogP contribution < -0.4 is 11.1 Å². The predicted octanol–water partition coefficient (Wildman–Crippen LogP) is 0.127. The highest BCUT2D eigenvalue weighted by atomic mass is 16.1. The van der Waals surface area contributed by atoms with Crippen LogP contribution in [0, 0.1) is 5.92 Å². The molecule has 3 N–H and O–H groups in total. The molecule has 0 saturated heterocycles. The van der Waals surface area contributed by atoms with Gasteiger partial charge >= 0.3 is 0 Å². The number of hydrogen-bond donors (Lipinski definition) is 2. The van der Waals surface area contributed by atoms with Gasteiger partial charge in [0.25, 0.3) is 0 Å². The Hall–Kier alpha value is -1.36. The van der Waals surface area contributed by atoms with Crippen LogP contribution in [0.15, 0.2) is 18.7 Å². The smallest absolute Gasteiger partial charge is 0.223 e. The maximum atomic E-state index is 11.7. The molecule has 0 aliphatic heterocycles. The third-order valence-electron chi connectivity index (χ3n) is 3.07. The Morgan fingerprint density at radius 1 is 1.56 bits per heavy atom. The molecule has 5 heteroatoms. The average Bonchev–Trinajstić information content (AvgIpc) is 2.89. The second-order valence-corrected chi connectivity index (χ2v) is 4.36. The van der Waals surface area contributed by atoms with Crippen molar-refractivity contribution < 1.29 is 4.79 Å². The Labute approximate surface area is 95.0 Å². The van der Waals surface area contributed by atoms with Gasteiger partial charge < -0.3 is 15.6 Å². The molecule has 1 aliphatic carbocycles. The molecule has 1 aromatic rings. The van der Waals surface area contributed by atoms with Crippen LogP contribution in [0.2, 0.25) is 0 Å². The SMILES string of the molecule is NC1CCC(C(=O)NCCn2ccnc2)C1. The van der Waals surface area contributed by atoms with Crippen molar-refractivity contribution in [2.75, 3.05) is 6.54 Å². The van der Waals surface area contributed by atoms with Crippen LogP contribution in [0.4, 0.5) is 0 Å². The second kappa shape index (κ2) is 5.12. The maximum Gasteiger partial charge on any atom is 0.223 e. The molecule has 1 heterocycles. The van der Waals surface area contributed by atoms with Crippen molar-refractivity contribution in [1.82, 2.24) is 14.9 Å². The van der Waals surface area contributed by atoms with E-state index in [1.54, 1.807) is 12.5 Å². The lowest BCUT2D eigenvalue weighted by molar-refractivity contribution is -0.124. The zero-order chi connectivity index (χ0) is 11.4. The standard InChI is InChI=1S/C11H18N4O/c12-10-2-1-9(7-10)11(16)14-4-6-15-5-3-13-8-15/h3,5,8-10H,1-2,4,6-7,12H2,(H,14,16). The van der Waals surface area contributed by atoms with Crippen molar-refractivity contribution in [3.05, 3.63) is 18.7 Å². The zero-order valence-corrected chi connectivity index (χ0v) is 9.30. The number of nitrogens with two attached hydrogens (primary N) is 1. The summed E-state index contributed by atoms with van der Waals surface area (Å²) in [4.78, 5) is 15.7. The van der Waals surface area contributed by atoms with E-state index < -0.39 is 0 Å². The normalized spacial score (nSPS) is 24.6. The van der Waals surface area contributed by atoms with Gasteiger partial charge in [0, 0.05) is 37.4 Å². The highest BCUT2D eigenvalue weighted by Crippen LogP contribution is 2.23. The molecule has 1 aromatic heterocycles. The van der Waals surface area contributed by atoms with Crippen molar-refractivity contribution in [3.63, 3.8) is 0 Å². The van der Waals surface area contributed by atoms with Crippen molar-refractivity contribution in [1.29, 1.82) is 0 Å². The third-order valence-corrected chi connectivity index (χ3v) is 3.07. The summed E-state index contributed by atoms with van der Waals surface area (Å²) >= 11 is 0. The van der Waals surface area contributed by atoms with Crippen LogP contribution in [0.3, 0.4) is 0 Å². The van der Waals surface area contributed by atoms with Gasteiger partial charge in [0.05, 0.1) is 6.33 Å². The Morgan fingerprint density at radius 2 is 2.44 bits per heavy atom. The first-order chi connectivity index (χ1) is 7.75. The summed E-state index contributed by atoms with van der Waals surface area (Å²) in [7, 11) is 0. The number of rotatable bonds is 4. The number of nitrogens with zero attached hydrogens (tertiary/aromatic N) is 2. The third kappa shape index (κ3) is 2.82. The number of amides is 1. The summed E-state index contributed by atoms with van der Waals surface area (Å²) in [5.74, 6) is 0.269. The molecule has 1 fully saturated rings. The maximum absolute atomic E-state index is 11.7. The number of carbonyl (C=O) groups is 1. The summed E-state index contributed by atoms with van der Waals surface area (Å²) in [5, 5.41) is 2.94. The number of aromatic nitrogens is 2. The first kappa shape index (κ1) is 11.1. The van der Waals surface area contributed by atoms with Crippen LogP contribution in [0.5, 0.6) is 0 Å². The fourth-order valence-electron chi connectivity index (χ4n) is 2.13. The fourth-order valence-corrected chi connectivity index (χ4v) is 2.13. The minimum Gasteiger partial charge on any atom is -0.354 e. The van der Waals surface area contributed by atoms with E-state index in [9.17, 15) is 4.79 Å². The molecule has 2 rings (SSSR count). The van der Waals surface area contributed by atoms with Crippen molar-refractivity contribution in [2.45, 2.75) is 31.8 Å². The Morgan fingerprint density at radius 3 is 3.06 bits per heavy atom. The van der Waals surface area contributed by atoms with E-state index in [0.717, 1.165) is 25.8 Å². The number of hydrogen-bond acceptors (Lipinski definition) is 3. The summed E-state index contributed by atoms with van der Waals surface area (Å²) in [5.41, 5.74) is 5.78. The summed E-state index contributed by atoms with van der Waals surface area (Å²) in [6.07, 6.45) is 8.10.